The van der Waals surface area contributed by atoms with E-state index in [1.807, 2.05) is 19.1 Å². The van der Waals surface area contributed by atoms with Crippen LogP contribution in [0.25, 0.3) is 0 Å². The number of rotatable bonds is 2. The Morgan fingerprint density at radius 3 is 2.94 bits per heavy atom. The molecule has 0 aliphatic carbocycles. The van der Waals surface area contributed by atoms with Crippen molar-refractivity contribution in [3.05, 3.63) is 28.8 Å². The van der Waals surface area contributed by atoms with Gasteiger partial charge in [0.25, 0.3) is 0 Å². The molecule has 1 saturated heterocycles. The van der Waals surface area contributed by atoms with Crippen molar-refractivity contribution >= 4 is 17.3 Å². The summed E-state index contributed by atoms with van der Waals surface area (Å²) < 4.78 is 0. The molecule has 94 valence electrons. The van der Waals surface area contributed by atoms with E-state index in [2.05, 4.69) is 23.2 Å². The van der Waals surface area contributed by atoms with Crippen LogP contribution in [0.5, 0.6) is 0 Å². The van der Waals surface area contributed by atoms with Crippen LogP contribution >= 0.6 is 11.6 Å². The lowest BCUT2D eigenvalue weighted by Gasteiger charge is -2.40. The van der Waals surface area contributed by atoms with Crippen molar-refractivity contribution in [2.45, 2.75) is 25.9 Å². The van der Waals surface area contributed by atoms with E-state index < -0.39 is 0 Å². The van der Waals surface area contributed by atoms with Gasteiger partial charge in [-0.1, -0.05) is 17.7 Å². The lowest BCUT2D eigenvalue weighted by Crippen LogP contribution is -2.57. The minimum absolute atomic E-state index is 0.130. The smallest absolute Gasteiger partial charge is 0.0647 e. The highest BCUT2D eigenvalue weighted by Crippen LogP contribution is 2.25. The van der Waals surface area contributed by atoms with Gasteiger partial charge in [0.2, 0.25) is 0 Å². The summed E-state index contributed by atoms with van der Waals surface area (Å²) in [6, 6.07) is 6.64. The van der Waals surface area contributed by atoms with E-state index in [0.29, 0.717) is 6.04 Å². The fourth-order valence-corrected chi connectivity index (χ4v) is 2.37. The summed E-state index contributed by atoms with van der Waals surface area (Å²) in [4.78, 5) is 2.23. The fourth-order valence-electron chi connectivity index (χ4n) is 2.20. The maximum atomic E-state index is 9.42. The number of hydrogen-bond donors (Lipinski definition) is 2. The fraction of sp³-hybridized carbons (Fsp3) is 0.538. The van der Waals surface area contributed by atoms with Crippen molar-refractivity contribution in [1.82, 2.24) is 5.32 Å². The zero-order valence-corrected chi connectivity index (χ0v) is 11.0. The number of hydrogen-bond acceptors (Lipinski definition) is 3. The third-order valence-corrected chi connectivity index (χ3v) is 3.72. The molecule has 1 fully saturated rings. The molecule has 2 unspecified atom stereocenters. The largest absolute Gasteiger partial charge is 0.394 e. The second-order valence-electron chi connectivity index (χ2n) is 4.73. The molecule has 0 bridgehead atoms. The van der Waals surface area contributed by atoms with Crippen molar-refractivity contribution in [2.24, 2.45) is 0 Å². The number of nitrogens with one attached hydrogen (secondary N) is 1. The van der Waals surface area contributed by atoms with E-state index >= 15 is 0 Å². The molecule has 1 heterocycles. The number of nitrogens with zero attached hydrogens (tertiary/aromatic N) is 1. The normalized spacial score (nSPS) is 25.1. The first-order valence-corrected chi connectivity index (χ1v) is 6.36. The topological polar surface area (TPSA) is 35.5 Å². The van der Waals surface area contributed by atoms with Gasteiger partial charge in [-0.05, 0) is 31.5 Å². The summed E-state index contributed by atoms with van der Waals surface area (Å²) in [5.74, 6) is 0. The second kappa shape index (κ2) is 5.25. The number of aryl methyl sites for hydroxylation is 1. The van der Waals surface area contributed by atoms with Gasteiger partial charge in [0, 0.05) is 29.8 Å². The maximum absolute atomic E-state index is 9.42. The predicted octanol–water partition coefficient (Wildman–Crippen LogP) is 1.81. The molecule has 1 aromatic rings. The molecule has 4 heteroatoms. The average Bonchev–Trinajstić information content (AvgIpc) is 2.32. The molecule has 2 rings (SSSR count). The Kier molecular flexibility index (Phi) is 3.92. The third-order valence-electron chi connectivity index (χ3n) is 3.31. The zero-order chi connectivity index (χ0) is 12.4. The van der Waals surface area contributed by atoms with Gasteiger partial charge in [0.05, 0.1) is 12.6 Å². The maximum Gasteiger partial charge on any atom is 0.0647 e. The molecule has 1 aromatic carbocycles. The minimum Gasteiger partial charge on any atom is -0.394 e. The van der Waals surface area contributed by atoms with Crippen LogP contribution in [0.1, 0.15) is 12.5 Å². The molecule has 1 aliphatic heterocycles. The van der Waals surface area contributed by atoms with Crippen LogP contribution in [0.2, 0.25) is 5.02 Å². The summed E-state index contributed by atoms with van der Waals surface area (Å²) >= 11 is 6.16. The Bertz CT molecular complexity index is 397. The molecule has 0 saturated carbocycles. The Morgan fingerprint density at radius 2 is 2.29 bits per heavy atom. The van der Waals surface area contributed by atoms with Crippen LogP contribution in [0.15, 0.2) is 18.2 Å². The molecule has 2 atom stereocenters. The van der Waals surface area contributed by atoms with Crippen LogP contribution in [0.4, 0.5) is 5.69 Å². The minimum atomic E-state index is 0.130. The monoisotopic (exact) mass is 254 g/mol. The van der Waals surface area contributed by atoms with E-state index in [4.69, 9.17) is 11.6 Å². The number of piperazine rings is 1. The molecule has 17 heavy (non-hydrogen) atoms. The quantitative estimate of drug-likeness (QED) is 0.845. The highest BCUT2D eigenvalue weighted by Gasteiger charge is 2.25. The molecule has 0 aromatic heterocycles. The van der Waals surface area contributed by atoms with Crippen molar-refractivity contribution < 1.29 is 5.11 Å². The predicted molar refractivity (Wildman–Crippen MR) is 71.9 cm³/mol. The van der Waals surface area contributed by atoms with Gasteiger partial charge in [-0.2, -0.15) is 0 Å². The average molecular weight is 255 g/mol. The Labute approximate surface area is 107 Å². The lowest BCUT2D eigenvalue weighted by molar-refractivity contribution is 0.237. The molecule has 3 nitrogen and oxygen atoms in total. The number of benzene rings is 1. The van der Waals surface area contributed by atoms with Gasteiger partial charge in [-0.3, -0.25) is 0 Å². The Morgan fingerprint density at radius 1 is 1.53 bits per heavy atom. The highest BCUT2D eigenvalue weighted by molar-refractivity contribution is 6.31. The van der Waals surface area contributed by atoms with Gasteiger partial charge in [0.1, 0.15) is 0 Å². The molecule has 1 aliphatic rings. The van der Waals surface area contributed by atoms with E-state index in [1.54, 1.807) is 0 Å². The zero-order valence-electron chi connectivity index (χ0n) is 10.3. The number of aliphatic hydroxyl groups excluding tert-OH is 1. The first-order chi connectivity index (χ1) is 8.11. The van der Waals surface area contributed by atoms with Crippen LogP contribution < -0.4 is 10.2 Å². The summed E-state index contributed by atoms with van der Waals surface area (Å²) in [5, 5.41) is 13.6. The van der Waals surface area contributed by atoms with Gasteiger partial charge in [-0.25, -0.2) is 0 Å². The van der Waals surface area contributed by atoms with E-state index in [1.165, 1.54) is 0 Å². The highest BCUT2D eigenvalue weighted by atomic mass is 35.5. The lowest BCUT2D eigenvalue weighted by atomic mass is 10.1. The molecule has 2 N–H and O–H groups in total. The van der Waals surface area contributed by atoms with Gasteiger partial charge in [0.15, 0.2) is 0 Å². The third kappa shape index (κ3) is 2.73. The molecular formula is C13H19ClN2O. The SMILES string of the molecule is Cc1ccc(N2CC(C)NCC2CO)cc1Cl. The summed E-state index contributed by atoms with van der Waals surface area (Å²) in [5.41, 5.74) is 2.17. The standard InChI is InChI=1S/C13H19ClN2O/c1-9-3-4-11(5-13(9)14)16-7-10(2)15-6-12(16)8-17/h3-5,10,12,15,17H,6-8H2,1-2H3. The van der Waals surface area contributed by atoms with Crippen molar-refractivity contribution in [3.8, 4) is 0 Å². The molecular weight excluding hydrogens is 236 g/mol. The summed E-state index contributed by atoms with van der Waals surface area (Å²) in [6.45, 7) is 6.01. The Balaban J connectivity index is 2.25. The number of halogens is 1. The van der Waals surface area contributed by atoms with E-state index in [9.17, 15) is 5.11 Å². The first kappa shape index (κ1) is 12.7. The van der Waals surface area contributed by atoms with Crippen molar-refractivity contribution in [3.63, 3.8) is 0 Å². The van der Waals surface area contributed by atoms with Gasteiger partial charge < -0.3 is 15.3 Å². The van der Waals surface area contributed by atoms with Crippen LogP contribution in [-0.2, 0) is 0 Å². The van der Waals surface area contributed by atoms with E-state index in [-0.39, 0.29) is 12.6 Å². The first-order valence-electron chi connectivity index (χ1n) is 5.99. The molecule has 0 radical (unpaired) electrons. The van der Waals surface area contributed by atoms with Crippen molar-refractivity contribution in [2.75, 3.05) is 24.6 Å². The van der Waals surface area contributed by atoms with Gasteiger partial charge in [-0.15, -0.1) is 0 Å². The summed E-state index contributed by atoms with van der Waals surface area (Å²) in [6.07, 6.45) is 0. The molecule has 0 amide bonds. The summed E-state index contributed by atoms with van der Waals surface area (Å²) in [7, 11) is 0. The van der Waals surface area contributed by atoms with Crippen LogP contribution in [0.3, 0.4) is 0 Å². The number of aliphatic hydroxyl groups is 1. The second-order valence-corrected chi connectivity index (χ2v) is 5.14. The Hall–Kier alpha value is -0.770. The molecule has 0 spiro atoms. The van der Waals surface area contributed by atoms with E-state index in [0.717, 1.165) is 29.4 Å². The van der Waals surface area contributed by atoms with Gasteiger partial charge >= 0.3 is 0 Å². The van der Waals surface area contributed by atoms with Crippen LogP contribution in [-0.4, -0.2) is 36.9 Å². The number of anilines is 1. The van der Waals surface area contributed by atoms with Crippen molar-refractivity contribution in [1.29, 1.82) is 0 Å². The van der Waals surface area contributed by atoms with Crippen LogP contribution in [0, 0.1) is 6.92 Å².